The van der Waals surface area contributed by atoms with Gasteiger partial charge in [-0.1, -0.05) is 54.6 Å². The molecular weight excluding hydrogens is 372 g/mol. The minimum atomic E-state index is -0.735. The summed E-state index contributed by atoms with van der Waals surface area (Å²) in [6.45, 7) is 1.55. The molecule has 0 saturated carbocycles. The summed E-state index contributed by atoms with van der Waals surface area (Å²) in [5, 5.41) is 9.58. The van der Waals surface area contributed by atoms with Crippen molar-refractivity contribution in [3.05, 3.63) is 80.9 Å². The van der Waals surface area contributed by atoms with Gasteiger partial charge in [0.15, 0.2) is 0 Å². The molecule has 0 saturated heterocycles. The number of hydrogen-bond acceptors (Lipinski definition) is 6. The lowest BCUT2D eigenvalue weighted by Gasteiger charge is -2.22. The molecule has 2 atom stereocenters. The van der Waals surface area contributed by atoms with Crippen molar-refractivity contribution in [2.24, 2.45) is 5.92 Å². The maximum absolute atomic E-state index is 12.0. The number of aliphatic hydroxyl groups is 1. The molecule has 0 bridgehead atoms. The number of aliphatic hydroxyl groups excluding tert-OH is 1. The number of carbonyl (C=O) groups excluding carboxylic acids is 1. The van der Waals surface area contributed by atoms with Crippen LogP contribution in [0.15, 0.2) is 64.2 Å². The van der Waals surface area contributed by atoms with E-state index in [1.807, 2.05) is 54.6 Å². The zero-order chi connectivity index (χ0) is 20.8. The molecule has 1 heterocycles. The standard InChI is InChI=1S/C22H24N2O5/c1-2-29-22(28)18(14-25)13-19(23-24-20(26)21(24)27)12-15-8-10-17(11-9-15)16-6-4-3-5-7-16/h3-11,18-19,23,25H,2,12-14H2,1H3/t18-,19+/m0/s1. The van der Waals surface area contributed by atoms with Crippen LogP contribution in [0, 0.1) is 5.92 Å². The second kappa shape index (κ2) is 9.34. The molecule has 0 radical (unpaired) electrons. The summed E-state index contributed by atoms with van der Waals surface area (Å²) in [5.74, 6) is -1.23. The molecule has 2 aromatic carbocycles. The summed E-state index contributed by atoms with van der Waals surface area (Å²) in [7, 11) is 0. The van der Waals surface area contributed by atoms with E-state index in [-0.39, 0.29) is 19.6 Å². The minimum absolute atomic E-state index is 0.220. The highest BCUT2D eigenvalue weighted by molar-refractivity contribution is 5.72. The normalized spacial score (nSPS) is 13.2. The summed E-state index contributed by atoms with van der Waals surface area (Å²) in [5.41, 5.74) is 4.81. The average Bonchev–Trinajstić information content (AvgIpc) is 3.31. The first kappa shape index (κ1) is 20.5. The molecule has 2 N–H and O–H groups in total. The molecule has 0 unspecified atom stereocenters. The summed E-state index contributed by atoms with van der Waals surface area (Å²) in [4.78, 5) is 34.8. The van der Waals surface area contributed by atoms with E-state index in [9.17, 15) is 19.5 Å². The van der Waals surface area contributed by atoms with Gasteiger partial charge in [0.05, 0.1) is 19.1 Å². The SMILES string of the molecule is CCOC(=O)[C@H](CO)C[C@@H](Cc1ccc(-c2ccccc2)cc1)Nn1c(=O)c1=O. The first-order valence-corrected chi connectivity index (χ1v) is 9.60. The molecule has 152 valence electrons. The smallest absolute Gasteiger partial charge is 0.340 e. The van der Waals surface area contributed by atoms with Crippen LogP contribution in [0.1, 0.15) is 18.9 Å². The Hall–Kier alpha value is -3.19. The van der Waals surface area contributed by atoms with E-state index in [0.717, 1.165) is 21.4 Å². The van der Waals surface area contributed by atoms with E-state index in [1.54, 1.807) is 6.92 Å². The summed E-state index contributed by atoms with van der Waals surface area (Å²) in [6.07, 6.45) is 0.703. The Balaban J connectivity index is 1.73. The van der Waals surface area contributed by atoms with Crippen LogP contribution in [-0.2, 0) is 16.0 Å². The van der Waals surface area contributed by atoms with E-state index in [4.69, 9.17) is 4.74 Å². The largest absolute Gasteiger partial charge is 0.466 e. The Bertz CT molecular complexity index is 978. The Morgan fingerprint density at radius 2 is 1.66 bits per heavy atom. The third-order valence-electron chi connectivity index (χ3n) is 4.80. The number of rotatable bonds is 10. The molecule has 0 aliphatic carbocycles. The second-order valence-electron chi connectivity index (χ2n) is 6.91. The molecular formula is C22H24N2O5. The molecule has 0 spiro atoms. The van der Waals surface area contributed by atoms with Crippen LogP contribution in [0.3, 0.4) is 0 Å². The monoisotopic (exact) mass is 396 g/mol. The lowest BCUT2D eigenvalue weighted by Crippen LogP contribution is -2.35. The van der Waals surface area contributed by atoms with Crippen molar-refractivity contribution in [1.29, 1.82) is 0 Å². The molecule has 0 aliphatic heterocycles. The maximum atomic E-state index is 12.0. The van der Waals surface area contributed by atoms with Crippen LogP contribution in [0.2, 0.25) is 0 Å². The Labute approximate surface area is 168 Å². The van der Waals surface area contributed by atoms with Crippen LogP contribution in [-0.4, -0.2) is 35.0 Å². The van der Waals surface area contributed by atoms with Gasteiger partial charge in [-0.2, -0.15) is 4.68 Å². The van der Waals surface area contributed by atoms with Gasteiger partial charge in [0.25, 0.3) is 0 Å². The minimum Gasteiger partial charge on any atom is -0.466 e. The summed E-state index contributed by atoms with van der Waals surface area (Å²) >= 11 is 0. The molecule has 3 rings (SSSR count). The number of benzene rings is 2. The van der Waals surface area contributed by atoms with Gasteiger partial charge in [0.1, 0.15) is 0 Å². The van der Waals surface area contributed by atoms with Crippen LogP contribution in [0.25, 0.3) is 11.1 Å². The maximum Gasteiger partial charge on any atom is 0.340 e. The van der Waals surface area contributed by atoms with E-state index in [2.05, 4.69) is 5.43 Å². The number of nitrogens with zero attached hydrogens (tertiary/aromatic N) is 1. The Kier molecular flexibility index (Phi) is 6.61. The van der Waals surface area contributed by atoms with Gasteiger partial charge in [0.2, 0.25) is 0 Å². The first-order valence-electron chi connectivity index (χ1n) is 9.60. The fourth-order valence-corrected chi connectivity index (χ4v) is 3.21. The topological polar surface area (TPSA) is 97.6 Å². The molecule has 0 aliphatic rings. The van der Waals surface area contributed by atoms with Gasteiger partial charge >= 0.3 is 17.1 Å². The van der Waals surface area contributed by atoms with Gasteiger partial charge in [-0.3, -0.25) is 14.4 Å². The molecule has 3 aromatic rings. The van der Waals surface area contributed by atoms with Gasteiger partial charge < -0.3 is 15.3 Å². The number of esters is 1. The molecule has 7 nitrogen and oxygen atoms in total. The van der Waals surface area contributed by atoms with Crippen molar-refractivity contribution in [3.8, 4) is 11.1 Å². The van der Waals surface area contributed by atoms with E-state index < -0.39 is 29.0 Å². The summed E-state index contributed by atoms with van der Waals surface area (Å²) in [6, 6.07) is 17.5. The summed E-state index contributed by atoms with van der Waals surface area (Å²) < 4.78 is 5.93. The highest BCUT2D eigenvalue weighted by Gasteiger charge is 2.27. The molecule has 29 heavy (non-hydrogen) atoms. The first-order chi connectivity index (χ1) is 14.0. The highest BCUT2D eigenvalue weighted by atomic mass is 16.5. The van der Waals surface area contributed by atoms with Crippen LogP contribution >= 0.6 is 0 Å². The molecule has 7 heteroatoms. The van der Waals surface area contributed by atoms with Crippen molar-refractivity contribution < 1.29 is 14.6 Å². The van der Waals surface area contributed by atoms with E-state index in [1.165, 1.54) is 0 Å². The van der Waals surface area contributed by atoms with Crippen molar-refractivity contribution in [3.63, 3.8) is 0 Å². The van der Waals surface area contributed by atoms with Crippen molar-refractivity contribution in [1.82, 2.24) is 4.68 Å². The lowest BCUT2D eigenvalue weighted by molar-refractivity contribution is -0.149. The fourth-order valence-electron chi connectivity index (χ4n) is 3.21. The second-order valence-corrected chi connectivity index (χ2v) is 6.91. The predicted octanol–water partition coefficient (Wildman–Crippen LogP) is 1.47. The van der Waals surface area contributed by atoms with Crippen molar-refractivity contribution in [2.45, 2.75) is 25.8 Å². The van der Waals surface area contributed by atoms with Gasteiger partial charge in [-0.15, -0.1) is 0 Å². The van der Waals surface area contributed by atoms with Gasteiger partial charge in [0, 0.05) is 6.04 Å². The number of carbonyl (C=O) groups is 1. The quantitative estimate of drug-likeness (QED) is 0.398. The molecule has 1 aromatic heterocycles. The zero-order valence-corrected chi connectivity index (χ0v) is 16.2. The van der Waals surface area contributed by atoms with Gasteiger partial charge in [-0.25, -0.2) is 0 Å². The number of hydrogen-bond donors (Lipinski definition) is 2. The number of aromatic nitrogens is 1. The average molecular weight is 396 g/mol. The van der Waals surface area contributed by atoms with E-state index in [0.29, 0.717) is 6.42 Å². The zero-order valence-electron chi connectivity index (χ0n) is 16.2. The van der Waals surface area contributed by atoms with Crippen LogP contribution in [0.5, 0.6) is 0 Å². The van der Waals surface area contributed by atoms with Gasteiger partial charge in [-0.05, 0) is 36.5 Å². The van der Waals surface area contributed by atoms with Crippen molar-refractivity contribution >= 4 is 5.97 Å². The van der Waals surface area contributed by atoms with Crippen LogP contribution < -0.4 is 16.5 Å². The highest BCUT2D eigenvalue weighted by Crippen LogP contribution is 2.21. The van der Waals surface area contributed by atoms with Crippen molar-refractivity contribution in [2.75, 3.05) is 18.6 Å². The third kappa shape index (κ3) is 5.20. The Morgan fingerprint density at radius 3 is 2.21 bits per heavy atom. The fraction of sp³-hybridized carbons (Fsp3) is 0.318. The van der Waals surface area contributed by atoms with E-state index >= 15 is 0 Å². The van der Waals surface area contributed by atoms with Crippen LogP contribution in [0.4, 0.5) is 0 Å². The molecule has 0 amide bonds. The number of nitrogens with one attached hydrogen (secondary N) is 1. The third-order valence-corrected chi connectivity index (χ3v) is 4.80. The Morgan fingerprint density at radius 1 is 1.03 bits per heavy atom. The molecule has 0 fully saturated rings. The number of ether oxygens (including phenoxy) is 1. The predicted molar refractivity (Wildman–Crippen MR) is 110 cm³/mol. The lowest BCUT2D eigenvalue weighted by atomic mass is 9.95.